The molecule has 0 saturated carbocycles. The molecule has 4 rings (SSSR count). The molecule has 2 atom stereocenters. The van der Waals surface area contributed by atoms with Crippen molar-refractivity contribution in [2.45, 2.75) is 44.3 Å². The number of rotatable bonds is 5. The van der Waals surface area contributed by atoms with Crippen molar-refractivity contribution in [1.82, 2.24) is 9.80 Å². The van der Waals surface area contributed by atoms with E-state index in [0.29, 0.717) is 17.1 Å². The van der Waals surface area contributed by atoms with Crippen LogP contribution in [-0.2, 0) is 4.74 Å². The van der Waals surface area contributed by atoms with Gasteiger partial charge in [-0.25, -0.2) is 0 Å². The maximum absolute atomic E-state index is 13.1. The van der Waals surface area contributed by atoms with Gasteiger partial charge >= 0.3 is 0 Å². The van der Waals surface area contributed by atoms with Crippen molar-refractivity contribution in [3.8, 4) is 11.5 Å². The summed E-state index contributed by atoms with van der Waals surface area (Å²) in [6.45, 7) is 5.00. The lowest BCUT2D eigenvalue weighted by molar-refractivity contribution is 0.0227. The van der Waals surface area contributed by atoms with E-state index in [4.69, 9.17) is 14.2 Å². The highest BCUT2D eigenvalue weighted by Gasteiger charge is 2.43. The van der Waals surface area contributed by atoms with Crippen LogP contribution in [0.5, 0.6) is 11.5 Å². The lowest BCUT2D eigenvalue weighted by Crippen LogP contribution is -2.44. The van der Waals surface area contributed by atoms with Gasteiger partial charge in [-0.05, 0) is 56.2 Å². The summed E-state index contributed by atoms with van der Waals surface area (Å²) in [7, 11) is 3.18. The Labute approximate surface area is 178 Å². The first-order chi connectivity index (χ1) is 14.5. The number of aliphatic hydroxyl groups is 1. The van der Waals surface area contributed by atoms with Gasteiger partial charge in [0, 0.05) is 37.8 Å². The third-order valence-corrected chi connectivity index (χ3v) is 6.94. The molecule has 2 unspecified atom stereocenters. The Bertz CT molecular complexity index is 725. The zero-order valence-electron chi connectivity index (χ0n) is 18.1. The van der Waals surface area contributed by atoms with Crippen molar-refractivity contribution < 1.29 is 24.1 Å². The molecule has 3 saturated heterocycles. The van der Waals surface area contributed by atoms with E-state index in [1.54, 1.807) is 32.4 Å². The van der Waals surface area contributed by atoms with Crippen molar-refractivity contribution >= 4 is 5.91 Å². The molecule has 0 bridgehead atoms. The Hall–Kier alpha value is -1.83. The van der Waals surface area contributed by atoms with Gasteiger partial charge < -0.3 is 24.2 Å². The number of ether oxygens (including phenoxy) is 3. The number of nitrogens with zero attached hydrogens (tertiary/aromatic N) is 2. The standard InChI is InChI=1S/C23H34N2O5/c1-28-19-10-17(11-20(12-19)29-2)22(27)25-8-5-23(6-9-25)13-21(30-16-23)15-24-7-3-4-18(26)14-24/h10-12,18,21,26H,3-9,13-16H2,1-2H3. The molecule has 1 aromatic carbocycles. The molecule has 3 aliphatic heterocycles. The molecule has 1 spiro atoms. The first kappa shape index (κ1) is 21.4. The fourth-order valence-corrected chi connectivity index (χ4v) is 5.14. The average Bonchev–Trinajstić information content (AvgIpc) is 3.15. The second-order valence-electron chi connectivity index (χ2n) is 9.09. The molecule has 30 heavy (non-hydrogen) atoms. The van der Waals surface area contributed by atoms with Crippen molar-refractivity contribution in [3.63, 3.8) is 0 Å². The summed E-state index contributed by atoms with van der Waals surface area (Å²) in [4.78, 5) is 17.3. The highest BCUT2D eigenvalue weighted by atomic mass is 16.5. The molecule has 1 amide bonds. The van der Waals surface area contributed by atoms with Gasteiger partial charge in [0.1, 0.15) is 11.5 Å². The summed E-state index contributed by atoms with van der Waals surface area (Å²) in [5, 5.41) is 9.90. The van der Waals surface area contributed by atoms with Crippen LogP contribution in [0.2, 0.25) is 0 Å². The molecule has 1 aromatic rings. The van der Waals surface area contributed by atoms with Gasteiger partial charge in [-0.2, -0.15) is 0 Å². The molecule has 7 nitrogen and oxygen atoms in total. The molecule has 3 heterocycles. The molecule has 166 valence electrons. The predicted molar refractivity (Wildman–Crippen MR) is 113 cm³/mol. The van der Waals surface area contributed by atoms with E-state index >= 15 is 0 Å². The monoisotopic (exact) mass is 418 g/mol. The number of carbonyl (C=O) groups excluding carboxylic acids is 1. The Morgan fingerprint density at radius 3 is 2.50 bits per heavy atom. The number of hydrogen-bond acceptors (Lipinski definition) is 6. The van der Waals surface area contributed by atoms with Crippen LogP contribution in [0.4, 0.5) is 0 Å². The number of β-amino-alcohol motifs (C(OH)–C–C–N with tert-alkyl or cyclic N) is 1. The Morgan fingerprint density at radius 2 is 1.87 bits per heavy atom. The fraction of sp³-hybridized carbons (Fsp3) is 0.696. The second kappa shape index (κ2) is 9.12. The lowest BCUT2D eigenvalue weighted by atomic mass is 9.76. The average molecular weight is 419 g/mol. The van der Waals surface area contributed by atoms with E-state index in [9.17, 15) is 9.90 Å². The third-order valence-electron chi connectivity index (χ3n) is 6.94. The number of likely N-dealkylation sites (tertiary alicyclic amines) is 2. The number of piperidine rings is 2. The highest BCUT2D eigenvalue weighted by molar-refractivity contribution is 5.95. The summed E-state index contributed by atoms with van der Waals surface area (Å²) >= 11 is 0. The number of benzene rings is 1. The zero-order valence-corrected chi connectivity index (χ0v) is 18.1. The van der Waals surface area contributed by atoms with Crippen LogP contribution >= 0.6 is 0 Å². The van der Waals surface area contributed by atoms with Crippen LogP contribution in [0.15, 0.2) is 18.2 Å². The van der Waals surface area contributed by atoms with Crippen molar-refractivity contribution in [1.29, 1.82) is 0 Å². The summed E-state index contributed by atoms with van der Waals surface area (Å²) < 4.78 is 16.8. The van der Waals surface area contributed by atoms with Gasteiger partial charge in [0.15, 0.2) is 0 Å². The van der Waals surface area contributed by atoms with Crippen molar-refractivity contribution in [3.05, 3.63) is 23.8 Å². The highest BCUT2D eigenvalue weighted by Crippen LogP contribution is 2.42. The van der Waals surface area contributed by atoms with Gasteiger partial charge in [0.25, 0.3) is 5.91 Å². The number of carbonyl (C=O) groups is 1. The molecular formula is C23H34N2O5. The van der Waals surface area contributed by atoms with Crippen molar-refractivity contribution in [2.24, 2.45) is 5.41 Å². The lowest BCUT2D eigenvalue weighted by Gasteiger charge is -2.38. The second-order valence-corrected chi connectivity index (χ2v) is 9.09. The maximum Gasteiger partial charge on any atom is 0.254 e. The minimum atomic E-state index is -0.196. The first-order valence-corrected chi connectivity index (χ1v) is 11.0. The Morgan fingerprint density at radius 1 is 1.17 bits per heavy atom. The van der Waals surface area contributed by atoms with Crippen LogP contribution in [-0.4, -0.2) is 86.6 Å². The van der Waals surface area contributed by atoms with E-state index in [0.717, 1.165) is 71.4 Å². The summed E-state index contributed by atoms with van der Waals surface area (Å²) in [5.41, 5.74) is 0.786. The number of aliphatic hydroxyl groups excluding tert-OH is 1. The van der Waals surface area contributed by atoms with Crippen LogP contribution in [0.3, 0.4) is 0 Å². The smallest absolute Gasteiger partial charge is 0.254 e. The number of hydrogen-bond donors (Lipinski definition) is 1. The molecule has 0 aliphatic carbocycles. The molecule has 0 aromatic heterocycles. The minimum absolute atomic E-state index is 0.0276. The van der Waals surface area contributed by atoms with Crippen LogP contribution < -0.4 is 9.47 Å². The predicted octanol–water partition coefficient (Wildman–Crippen LogP) is 2.17. The van der Waals surface area contributed by atoms with Crippen LogP contribution in [0.25, 0.3) is 0 Å². The summed E-state index contributed by atoms with van der Waals surface area (Å²) in [6, 6.07) is 5.33. The maximum atomic E-state index is 13.1. The van der Waals surface area contributed by atoms with E-state index in [2.05, 4.69) is 4.90 Å². The van der Waals surface area contributed by atoms with Gasteiger partial charge in [0.05, 0.1) is 33.0 Å². The molecule has 7 heteroatoms. The van der Waals surface area contributed by atoms with Gasteiger partial charge in [-0.15, -0.1) is 0 Å². The van der Waals surface area contributed by atoms with Crippen LogP contribution in [0, 0.1) is 5.41 Å². The van der Waals surface area contributed by atoms with Gasteiger partial charge in [-0.3, -0.25) is 9.69 Å². The first-order valence-electron chi connectivity index (χ1n) is 11.0. The molecule has 0 radical (unpaired) electrons. The zero-order chi connectivity index (χ0) is 21.1. The van der Waals surface area contributed by atoms with Gasteiger partial charge in [0.2, 0.25) is 0 Å². The third kappa shape index (κ3) is 4.74. The van der Waals surface area contributed by atoms with Crippen LogP contribution in [0.1, 0.15) is 42.5 Å². The Kier molecular flexibility index (Phi) is 6.51. The molecule has 1 N–H and O–H groups in total. The van der Waals surface area contributed by atoms with E-state index < -0.39 is 0 Å². The minimum Gasteiger partial charge on any atom is -0.497 e. The van der Waals surface area contributed by atoms with E-state index in [1.165, 1.54) is 0 Å². The Balaban J connectivity index is 1.32. The number of methoxy groups -OCH3 is 2. The summed E-state index contributed by atoms with van der Waals surface area (Å²) in [5.74, 6) is 1.28. The normalized spacial score (nSPS) is 26.7. The molecular weight excluding hydrogens is 384 g/mol. The SMILES string of the molecule is COc1cc(OC)cc(C(=O)N2CCC3(CC2)COC(CN2CCCC(O)C2)C3)c1. The van der Waals surface area contributed by atoms with Crippen molar-refractivity contribution in [2.75, 3.05) is 53.6 Å². The van der Waals surface area contributed by atoms with E-state index in [1.807, 2.05) is 4.90 Å². The topological polar surface area (TPSA) is 71.5 Å². The molecule has 3 aliphatic rings. The molecule has 3 fully saturated rings. The largest absolute Gasteiger partial charge is 0.497 e. The van der Waals surface area contributed by atoms with Gasteiger partial charge in [-0.1, -0.05) is 0 Å². The van der Waals surface area contributed by atoms with E-state index in [-0.39, 0.29) is 23.5 Å². The quantitative estimate of drug-likeness (QED) is 0.790. The fourth-order valence-electron chi connectivity index (χ4n) is 5.14. The summed E-state index contributed by atoms with van der Waals surface area (Å²) in [6.07, 6.45) is 5.01. The number of amides is 1.